The number of amides is 2. The van der Waals surface area contributed by atoms with E-state index in [1.807, 2.05) is 71.7 Å². The van der Waals surface area contributed by atoms with Crippen molar-refractivity contribution in [2.45, 2.75) is 38.3 Å². The Bertz CT molecular complexity index is 1220. The largest absolute Gasteiger partial charge is 0.341 e. The Hall–Kier alpha value is -2.87. The molecule has 5 rings (SSSR count). The van der Waals surface area contributed by atoms with E-state index in [2.05, 4.69) is 9.97 Å². The second kappa shape index (κ2) is 9.06. The Morgan fingerprint density at radius 3 is 2.29 bits per heavy atom. The van der Waals surface area contributed by atoms with Crippen molar-refractivity contribution in [3.8, 4) is 0 Å². The van der Waals surface area contributed by atoms with Crippen molar-refractivity contribution in [1.29, 1.82) is 0 Å². The van der Waals surface area contributed by atoms with Gasteiger partial charge in [-0.15, -0.1) is 0 Å². The van der Waals surface area contributed by atoms with Gasteiger partial charge in [-0.3, -0.25) is 9.59 Å². The minimum absolute atomic E-state index is 0.101. The van der Waals surface area contributed by atoms with Gasteiger partial charge < -0.3 is 14.4 Å². The molecule has 0 unspecified atom stereocenters. The fraction of sp³-hybridized carbons (Fsp3) is 0.462. The number of rotatable bonds is 4. The van der Waals surface area contributed by atoms with Crippen LogP contribution in [0.25, 0.3) is 10.9 Å². The lowest BCUT2D eigenvalue weighted by molar-refractivity contribution is -0.127. The predicted molar refractivity (Wildman–Crippen MR) is 134 cm³/mol. The molecule has 34 heavy (non-hydrogen) atoms. The van der Waals surface area contributed by atoms with E-state index >= 15 is 0 Å². The number of benzene rings is 1. The lowest BCUT2D eigenvalue weighted by Crippen LogP contribution is -2.45. The number of hydrogen-bond donors (Lipinski definition) is 0. The summed E-state index contributed by atoms with van der Waals surface area (Å²) in [4.78, 5) is 39.0. The van der Waals surface area contributed by atoms with Crippen LogP contribution < -0.4 is 0 Å². The molecule has 7 nitrogen and oxygen atoms in total. The van der Waals surface area contributed by atoms with Crippen molar-refractivity contribution in [2.75, 3.05) is 31.9 Å². The molecule has 2 aliphatic heterocycles. The van der Waals surface area contributed by atoms with Crippen LogP contribution in [-0.2, 0) is 11.8 Å². The third-order valence-corrected chi connectivity index (χ3v) is 8.19. The number of aryl methyl sites for hydroxylation is 3. The third-order valence-electron chi connectivity index (χ3n) is 7.36. The van der Waals surface area contributed by atoms with Crippen molar-refractivity contribution < 1.29 is 9.59 Å². The summed E-state index contributed by atoms with van der Waals surface area (Å²) in [6, 6.07) is 12.0. The molecule has 2 aliphatic rings. The molecule has 0 saturated carbocycles. The maximum Gasteiger partial charge on any atom is 0.270 e. The first kappa shape index (κ1) is 22.9. The van der Waals surface area contributed by atoms with Crippen LogP contribution in [0.2, 0.25) is 0 Å². The van der Waals surface area contributed by atoms with E-state index in [-0.39, 0.29) is 17.2 Å². The van der Waals surface area contributed by atoms with Crippen LogP contribution in [0.5, 0.6) is 0 Å². The summed E-state index contributed by atoms with van der Waals surface area (Å²) >= 11 is 1.42. The molecule has 2 amide bonds. The first-order chi connectivity index (χ1) is 16.3. The Morgan fingerprint density at radius 1 is 0.971 bits per heavy atom. The molecule has 0 bridgehead atoms. The van der Waals surface area contributed by atoms with Gasteiger partial charge in [-0.1, -0.05) is 30.0 Å². The predicted octanol–water partition coefficient (Wildman–Crippen LogP) is 3.83. The number of likely N-dealkylation sites (tertiary alicyclic amines) is 2. The Labute approximate surface area is 204 Å². The van der Waals surface area contributed by atoms with E-state index in [0.29, 0.717) is 10.9 Å². The normalized spacial score (nSPS) is 17.6. The third kappa shape index (κ3) is 4.43. The van der Waals surface area contributed by atoms with Gasteiger partial charge in [0.2, 0.25) is 5.91 Å². The van der Waals surface area contributed by atoms with Gasteiger partial charge in [0.15, 0.2) is 5.16 Å². The van der Waals surface area contributed by atoms with Crippen LogP contribution in [0.1, 0.15) is 41.1 Å². The molecule has 178 valence electrons. The smallest absolute Gasteiger partial charge is 0.270 e. The zero-order valence-corrected chi connectivity index (χ0v) is 20.9. The summed E-state index contributed by atoms with van der Waals surface area (Å²) in [5.41, 5.74) is 3.80. The highest BCUT2D eigenvalue weighted by Crippen LogP contribution is 2.41. The van der Waals surface area contributed by atoms with Crippen molar-refractivity contribution in [3.05, 3.63) is 53.5 Å². The second-order valence-corrected chi connectivity index (χ2v) is 10.7. The fourth-order valence-corrected chi connectivity index (χ4v) is 6.22. The molecule has 1 aromatic carbocycles. The average molecular weight is 478 g/mol. The van der Waals surface area contributed by atoms with Crippen molar-refractivity contribution in [3.63, 3.8) is 0 Å². The number of hydrogen-bond acceptors (Lipinski definition) is 5. The molecule has 1 spiro atoms. The Kier molecular flexibility index (Phi) is 6.10. The van der Waals surface area contributed by atoms with Gasteiger partial charge in [-0.05, 0) is 56.7 Å². The molecule has 2 aromatic heterocycles. The summed E-state index contributed by atoms with van der Waals surface area (Å²) in [5, 5.41) is 1.76. The van der Waals surface area contributed by atoms with Gasteiger partial charge in [0.1, 0.15) is 5.69 Å². The minimum atomic E-state index is 0.101. The first-order valence-electron chi connectivity index (χ1n) is 11.9. The molecule has 0 radical (unpaired) electrons. The SMILES string of the molecule is Cc1cc(C)nc(SCC(=O)N2CCC3(CCN(C(=O)c4cc5ccccc5n4C)CC3)C2)n1. The highest BCUT2D eigenvalue weighted by molar-refractivity contribution is 7.99. The molecular formula is C26H31N5O2S. The lowest BCUT2D eigenvalue weighted by Gasteiger charge is -2.39. The number of aromatic nitrogens is 3. The van der Waals surface area contributed by atoms with Crippen molar-refractivity contribution >= 4 is 34.5 Å². The van der Waals surface area contributed by atoms with Gasteiger partial charge in [-0.2, -0.15) is 0 Å². The number of carbonyl (C=O) groups excluding carboxylic acids is 2. The maximum atomic E-state index is 13.3. The molecule has 3 aromatic rings. The second-order valence-electron chi connectivity index (χ2n) is 9.73. The van der Waals surface area contributed by atoms with Crippen LogP contribution in [0.4, 0.5) is 0 Å². The summed E-state index contributed by atoms with van der Waals surface area (Å²) in [7, 11) is 1.96. The van der Waals surface area contributed by atoms with E-state index in [1.165, 1.54) is 11.8 Å². The summed E-state index contributed by atoms with van der Waals surface area (Å²) in [5.74, 6) is 0.618. The van der Waals surface area contributed by atoms with Crippen molar-refractivity contribution in [2.24, 2.45) is 12.5 Å². The molecule has 0 N–H and O–H groups in total. The van der Waals surface area contributed by atoms with Gasteiger partial charge >= 0.3 is 0 Å². The highest BCUT2D eigenvalue weighted by Gasteiger charge is 2.43. The molecule has 2 fully saturated rings. The van der Waals surface area contributed by atoms with E-state index in [1.54, 1.807) is 0 Å². The summed E-state index contributed by atoms with van der Waals surface area (Å²) in [6.07, 6.45) is 2.90. The summed E-state index contributed by atoms with van der Waals surface area (Å²) in [6.45, 7) is 6.96. The van der Waals surface area contributed by atoms with E-state index in [4.69, 9.17) is 0 Å². The van der Waals surface area contributed by atoms with Gasteiger partial charge in [0.05, 0.1) is 5.75 Å². The first-order valence-corrected chi connectivity index (χ1v) is 12.9. The molecule has 0 atom stereocenters. The van der Waals surface area contributed by atoms with E-state index < -0.39 is 0 Å². The topological polar surface area (TPSA) is 71.3 Å². The van der Waals surface area contributed by atoms with Crippen LogP contribution in [-0.4, -0.2) is 68.1 Å². The lowest BCUT2D eigenvalue weighted by atomic mass is 9.77. The van der Waals surface area contributed by atoms with Gasteiger partial charge in [0, 0.05) is 55.5 Å². The zero-order chi connectivity index (χ0) is 23.9. The number of thioether (sulfide) groups is 1. The van der Waals surface area contributed by atoms with Gasteiger partial charge in [0.25, 0.3) is 5.91 Å². The maximum absolute atomic E-state index is 13.3. The highest BCUT2D eigenvalue weighted by atomic mass is 32.2. The average Bonchev–Trinajstić information content (AvgIpc) is 3.39. The summed E-state index contributed by atoms with van der Waals surface area (Å²) < 4.78 is 2.00. The van der Waals surface area contributed by atoms with Crippen LogP contribution in [0.3, 0.4) is 0 Å². The Balaban J connectivity index is 1.17. The number of nitrogens with zero attached hydrogens (tertiary/aromatic N) is 5. The zero-order valence-electron chi connectivity index (χ0n) is 20.1. The molecule has 8 heteroatoms. The Morgan fingerprint density at radius 2 is 1.62 bits per heavy atom. The molecule has 4 heterocycles. The number of fused-ring (bicyclic) bond motifs is 1. The number of carbonyl (C=O) groups is 2. The number of piperidine rings is 1. The van der Waals surface area contributed by atoms with Crippen LogP contribution in [0.15, 0.2) is 41.6 Å². The fourth-order valence-electron chi connectivity index (χ4n) is 5.37. The van der Waals surface area contributed by atoms with Crippen LogP contribution >= 0.6 is 11.8 Å². The minimum Gasteiger partial charge on any atom is -0.341 e. The quantitative estimate of drug-likeness (QED) is 0.422. The number of para-hydroxylation sites is 1. The van der Waals surface area contributed by atoms with Gasteiger partial charge in [-0.25, -0.2) is 9.97 Å². The van der Waals surface area contributed by atoms with Crippen LogP contribution in [0, 0.1) is 19.3 Å². The standard InChI is InChI=1S/C26H31N5O2S/c1-18-14-19(2)28-25(27-18)34-16-23(32)31-13-10-26(17-31)8-11-30(12-9-26)24(33)22-15-20-6-4-5-7-21(20)29(22)3/h4-7,14-15H,8-13,16-17H2,1-3H3. The molecular weight excluding hydrogens is 446 g/mol. The monoisotopic (exact) mass is 477 g/mol. The van der Waals surface area contributed by atoms with Crippen molar-refractivity contribution in [1.82, 2.24) is 24.3 Å². The molecule has 0 aliphatic carbocycles. The van der Waals surface area contributed by atoms with E-state index in [9.17, 15) is 9.59 Å². The van der Waals surface area contributed by atoms with E-state index in [0.717, 1.165) is 73.4 Å². The molecule has 2 saturated heterocycles.